The van der Waals surface area contributed by atoms with Crippen molar-refractivity contribution in [3.8, 4) is 16.9 Å². The summed E-state index contributed by atoms with van der Waals surface area (Å²) in [7, 11) is 3.31. The fraction of sp³-hybridized carbons (Fsp3) is 0.471. The second-order valence-electron chi connectivity index (χ2n) is 6.78. The molecule has 2 unspecified atom stereocenters. The molecule has 8 heteroatoms. The van der Waals surface area contributed by atoms with Crippen LogP contribution in [-0.4, -0.2) is 48.0 Å². The number of methoxy groups -OCH3 is 1. The van der Waals surface area contributed by atoms with Gasteiger partial charge in [-0.25, -0.2) is 0 Å². The molecule has 4 rings (SSSR count). The van der Waals surface area contributed by atoms with Crippen LogP contribution in [-0.2, 0) is 7.05 Å². The molecule has 2 atom stereocenters. The lowest BCUT2D eigenvalue weighted by Crippen LogP contribution is -2.26. The lowest BCUT2D eigenvalue weighted by Gasteiger charge is -2.23. The molecule has 1 aromatic heterocycles. The van der Waals surface area contributed by atoms with Crippen molar-refractivity contribution in [2.24, 2.45) is 18.9 Å². The van der Waals surface area contributed by atoms with E-state index in [1.165, 1.54) is 7.11 Å². The minimum Gasteiger partial charge on any atom is -0.490 e. The summed E-state index contributed by atoms with van der Waals surface area (Å²) in [5.74, 6) is 1.55. The molecule has 0 spiro atoms. The average molecular weight is 343 g/mol. The van der Waals surface area contributed by atoms with E-state index in [1.54, 1.807) is 23.0 Å². The van der Waals surface area contributed by atoms with Gasteiger partial charge in [-0.3, -0.25) is 14.8 Å². The van der Waals surface area contributed by atoms with Gasteiger partial charge in [-0.05, 0) is 11.8 Å². The standard InChI is InChI=1S/C17H21N5O3/c1-20-8-13(7-19-20)14-3-16(22(23)24)17(25-2)4-15(14)21-9-11-5-18-6-12(11)10-21/h3-4,7-8,11-12,18H,5-6,9-10H2,1-2H3. The van der Waals surface area contributed by atoms with Crippen LogP contribution < -0.4 is 15.0 Å². The van der Waals surface area contributed by atoms with Crippen LogP contribution in [0.4, 0.5) is 11.4 Å². The first-order valence-corrected chi connectivity index (χ1v) is 8.38. The zero-order valence-corrected chi connectivity index (χ0v) is 14.3. The Morgan fingerprint density at radius 3 is 2.60 bits per heavy atom. The molecule has 0 bridgehead atoms. The van der Waals surface area contributed by atoms with Gasteiger partial charge in [0.1, 0.15) is 0 Å². The summed E-state index contributed by atoms with van der Waals surface area (Å²) in [6.45, 7) is 3.97. The Morgan fingerprint density at radius 2 is 2.04 bits per heavy atom. The lowest BCUT2D eigenvalue weighted by atomic mass is 10.0. The van der Waals surface area contributed by atoms with Crippen molar-refractivity contribution in [2.75, 3.05) is 38.2 Å². The van der Waals surface area contributed by atoms with Gasteiger partial charge < -0.3 is 15.0 Å². The Hall–Kier alpha value is -2.61. The molecule has 2 aromatic rings. The molecule has 8 nitrogen and oxygen atoms in total. The molecular formula is C17H21N5O3. The second-order valence-corrected chi connectivity index (χ2v) is 6.78. The number of aromatic nitrogens is 2. The zero-order valence-electron chi connectivity index (χ0n) is 14.3. The van der Waals surface area contributed by atoms with E-state index in [-0.39, 0.29) is 5.69 Å². The van der Waals surface area contributed by atoms with Crippen LogP contribution in [0.1, 0.15) is 0 Å². The van der Waals surface area contributed by atoms with Gasteiger partial charge in [-0.1, -0.05) is 0 Å². The van der Waals surface area contributed by atoms with Gasteiger partial charge in [0.2, 0.25) is 0 Å². The normalized spacial score (nSPS) is 22.2. The highest BCUT2D eigenvalue weighted by Crippen LogP contribution is 2.42. The van der Waals surface area contributed by atoms with E-state index in [4.69, 9.17) is 4.74 Å². The summed E-state index contributed by atoms with van der Waals surface area (Å²) in [4.78, 5) is 13.4. The number of aryl methyl sites for hydroxylation is 1. The topological polar surface area (TPSA) is 85.5 Å². The van der Waals surface area contributed by atoms with Gasteiger partial charge >= 0.3 is 5.69 Å². The molecule has 0 aliphatic carbocycles. The molecule has 2 fully saturated rings. The third kappa shape index (κ3) is 2.72. The number of benzene rings is 1. The Balaban J connectivity index is 1.82. The van der Waals surface area contributed by atoms with Crippen LogP contribution in [0.15, 0.2) is 24.5 Å². The zero-order chi connectivity index (χ0) is 17.6. The van der Waals surface area contributed by atoms with E-state index in [9.17, 15) is 10.1 Å². The number of nitro groups is 1. The molecule has 2 saturated heterocycles. The summed E-state index contributed by atoms with van der Waals surface area (Å²) in [5.41, 5.74) is 2.66. The number of nitrogens with zero attached hydrogens (tertiary/aromatic N) is 4. The number of nitro benzene ring substituents is 1. The molecule has 132 valence electrons. The maximum Gasteiger partial charge on any atom is 0.311 e. The third-order valence-corrected chi connectivity index (χ3v) is 5.24. The van der Waals surface area contributed by atoms with Crippen LogP contribution in [0, 0.1) is 22.0 Å². The fourth-order valence-corrected chi connectivity index (χ4v) is 3.97. The van der Waals surface area contributed by atoms with E-state index < -0.39 is 4.92 Å². The van der Waals surface area contributed by atoms with Gasteiger partial charge in [0.05, 0.1) is 18.2 Å². The predicted octanol–water partition coefficient (Wildman–Crippen LogP) is 1.66. The number of anilines is 1. The molecule has 3 heterocycles. The monoisotopic (exact) mass is 343 g/mol. The molecule has 25 heavy (non-hydrogen) atoms. The van der Waals surface area contributed by atoms with Crippen molar-refractivity contribution in [1.82, 2.24) is 15.1 Å². The first kappa shape index (κ1) is 15.9. The van der Waals surface area contributed by atoms with Crippen LogP contribution in [0.25, 0.3) is 11.1 Å². The van der Waals surface area contributed by atoms with Crippen molar-refractivity contribution >= 4 is 11.4 Å². The van der Waals surface area contributed by atoms with Gasteiger partial charge in [0.25, 0.3) is 0 Å². The van der Waals surface area contributed by atoms with E-state index in [1.807, 2.05) is 13.2 Å². The Morgan fingerprint density at radius 1 is 1.32 bits per heavy atom. The van der Waals surface area contributed by atoms with E-state index in [0.29, 0.717) is 17.6 Å². The molecule has 1 aromatic carbocycles. The van der Waals surface area contributed by atoms with Gasteiger partial charge in [0, 0.05) is 68.4 Å². The van der Waals surface area contributed by atoms with Crippen LogP contribution in [0.3, 0.4) is 0 Å². The van der Waals surface area contributed by atoms with Crippen molar-refractivity contribution in [2.45, 2.75) is 0 Å². The minimum atomic E-state index is -0.398. The maximum atomic E-state index is 11.4. The number of hydrogen-bond acceptors (Lipinski definition) is 6. The molecule has 0 radical (unpaired) electrons. The van der Waals surface area contributed by atoms with Gasteiger partial charge in [-0.2, -0.15) is 5.10 Å². The van der Waals surface area contributed by atoms with E-state index in [0.717, 1.165) is 43.0 Å². The fourth-order valence-electron chi connectivity index (χ4n) is 3.97. The smallest absolute Gasteiger partial charge is 0.311 e. The molecule has 2 aliphatic heterocycles. The number of ether oxygens (including phenoxy) is 1. The highest BCUT2D eigenvalue weighted by molar-refractivity contribution is 5.82. The number of hydrogen-bond donors (Lipinski definition) is 1. The van der Waals surface area contributed by atoms with Crippen molar-refractivity contribution < 1.29 is 9.66 Å². The van der Waals surface area contributed by atoms with Gasteiger partial charge in [0.15, 0.2) is 5.75 Å². The lowest BCUT2D eigenvalue weighted by molar-refractivity contribution is -0.385. The number of rotatable bonds is 4. The molecule has 0 amide bonds. The molecule has 0 saturated carbocycles. The highest BCUT2D eigenvalue weighted by atomic mass is 16.6. The maximum absolute atomic E-state index is 11.4. The summed E-state index contributed by atoms with van der Waals surface area (Å²) in [6.07, 6.45) is 3.63. The SMILES string of the molecule is COc1cc(N2CC3CNCC3C2)c(-c2cnn(C)c2)cc1[N+](=O)[O-]. The first-order chi connectivity index (χ1) is 12.1. The minimum absolute atomic E-state index is 0.0221. The summed E-state index contributed by atoms with van der Waals surface area (Å²) in [6, 6.07) is 3.41. The molecule has 1 N–H and O–H groups in total. The van der Waals surface area contributed by atoms with Crippen LogP contribution >= 0.6 is 0 Å². The molecule has 2 aliphatic rings. The van der Waals surface area contributed by atoms with Crippen LogP contribution in [0.2, 0.25) is 0 Å². The Bertz CT molecular complexity index is 807. The Labute approximate surface area is 145 Å². The van der Waals surface area contributed by atoms with E-state index >= 15 is 0 Å². The van der Waals surface area contributed by atoms with Crippen molar-refractivity contribution in [3.63, 3.8) is 0 Å². The summed E-state index contributed by atoms with van der Waals surface area (Å²) >= 11 is 0. The molecular weight excluding hydrogens is 322 g/mol. The number of nitrogens with one attached hydrogen (secondary N) is 1. The van der Waals surface area contributed by atoms with E-state index in [2.05, 4.69) is 15.3 Å². The van der Waals surface area contributed by atoms with Crippen molar-refractivity contribution in [1.29, 1.82) is 0 Å². The second kappa shape index (κ2) is 6.03. The first-order valence-electron chi connectivity index (χ1n) is 8.38. The predicted molar refractivity (Wildman–Crippen MR) is 93.9 cm³/mol. The third-order valence-electron chi connectivity index (χ3n) is 5.24. The van der Waals surface area contributed by atoms with Gasteiger partial charge in [-0.15, -0.1) is 0 Å². The summed E-state index contributed by atoms with van der Waals surface area (Å²) in [5, 5.41) is 19.1. The van der Waals surface area contributed by atoms with Crippen LogP contribution in [0.5, 0.6) is 5.75 Å². The Kier molecular flexibility index (Phi) is 3.84. The summed E-state index contributed by atoms with van der Waals surface area (Å²) < 4.78 is 7.00. The quantitative estimate of drug-likeness (QED) is 0.671. The van der Waals surface area contributed by atoms with Crippen molar-refractivity contribution in [3.05, 3.63) is 34.6 Å². The average Bonchev–Trinajstić information content (AvgIpc) is 3.29. The highest BCUT2D eigenvalue weighted by Gasteiger charge is 2.37. The largest absolute Gasteiger partial charge is 0.490 e. The number of fused-ring (bicyclic) bond motifs is 1.